The summed E-state index contributed by atoms with van der Waals surface area (Å²) in [4.78, 5) is 16.7. The summed E-state index contributed by atoms with van der Waals surface area (Å²) in [7, 11) is 1.97. The lowest BCUT2D eigenvalue weighted by atomic mass is 9.97. The molecule has 0 radical (unpaired) electrons. The number of likely N-dealkylation sites (N-methyl/N-ethyl adjacent to an activating group) is 1. The fraction of sp³-hybridized carbons (Fsp3) is 0.474. The van der Waals surface area contributed by atoms with E-state index in [0.29, 0.717) is 26.2 Å². The molecule has 2 aliphatic rings. The van der Waals surface area contributed by atoms with Gasteiger partial charge in [0.15, 0.2) is 11.7 Å². The van der Waals surface area contributed by atoms with Crippen LogP contribution in [0.4, 0.5) is 19.0 Å². The standard InChI is InChI=1S/C19H20Br2F3N5O/c1-27-6-8-28(9-7-27)18(30)16-15(21)17-25-13(11-2-4-12(20)5-3-11)10-14(19(22,23)24)29(17)26-16/h2-5,13-14,25H,6-10H2,1H3/t13-,14+/m1/s1. The van der Waals surface area contributed by atoms with Crippen LogP contribution >= 0.6 is 31.9 Å². The Morgan fingerprint density at radius 1 is 1.13 bits per heavy atom. The average Bonchev–Trinajstić information content (AvgIpc) is 3.04. The second-order valence-corrected chi connectivity index (χ2v) is 9.30. The van der Waals surface area contributed by atoms with E-state index in [2.05, 4.69) is 47.2 Å². The molecule has 6 nitrogen and oxygen atoms in total. The SMILES string of the molecule is CN1CCN(C(=O)c2nn3c(c2Br)N[C@@H](c2ccc(Br)cc2)C[C@H]3C(F)(F)F)CC1. The van der Waals surface area contributed by atoms with E-state index in [4.69, 9.17) is 0 Å². The van der Waals surface area contributed by atoms with Crippen LogP contribution in [0.2, 0.25) is 0 Å². The number of amides is 1. The van der Waals surface area contributed by atoms with E-state index in [1.54, 1.807) is 29.2 Å². The monoisotopic (exact) mass is 549 g/mol. The normalized spacial score (nSPS) is 22.5. The van der Waals surface area contributed by atoms with Crippen molar-refractivity contribution in [3.8, 4) is 0 Å². The van der Waals surface area contributed by atoms with Crippen molar-refractivity contribution in [2.45, 2.75) is 24.7 Å². The van der Waals surface area contributed by atoms with Gasteiger partial charge in [-0.25, -0.2) is 4.68 Å². The Bertz CT molecular complexity index is 939. The quantitative estimate of drug-likeness (QED) is 0.600. The molecule has 1 N–H and O–H groups in total. The highest BCUT2D eigenvalue weighted by Crippen LogP contribution is 2.46. The number of alkyl halides is 3. The molecule has 1 aromatic heterocycles. The second kappa shape index (κ2) is 8.16. The molecule has 0 bridgehead atoms. The fourth-order valence-corrected chi connectivity index (χ4v) is 4.61. The number of piperazine rings is 1. The van der Waals surface area contributed by atoms with Gasteiger partial charge in [0, 0.05) is 37.1 Å². The van der Waals surface area contributed by atoms with Gasteiger partial charge >= 0.3 is 6.18 Å². The number of halogens is 5. The number of aromatic nitrogens is 2. The number of anilines is 1. The van der Waals surface area contributed by atoms with Crippen LogP contribution < -0.4 is 5.32 Å². The third-order valence-electron chi connectivity index (χ3n) is 5.56. The molecule has 3 heterocycles. The first-order valence-electron chi connectivity index (χ1n) is 9.49. The zero-order valence-electron chi connectivity index (χ0n) is 16.1. The first-order chi connectivity index (χ1) is 14.1. The lowest BCUT2D eigenvalue weighted by Gasteiger charge is -2.33. The maximum atomic E-state index is 13.9. The number of fused-ring (bicyclic) bond motifs is 1. The van der Waals surface area contributed by atoms with Gasteiger partial charge in [-0.15, -0.1) is 0 Å². The van der Waals surface area contributed by atoms with Gasteiger partial charge in [0.25, 0.3) is 5.91 Å². The molecule has 1 aromatic carbocycles. The first kappa shape index (κ1) is 21.6. The third-order valence-corrected chi connectivity index (χ3v) is 6.84. The number of nitrogens with zero attached hydrogens (tertiary/aromatic N) is 4. The number of hydrogen-bond donors (Lipinski definition) is 1. The van der Waals surface area contributed by atoms with Crippen molar-refractivity contribution in [1.82, 2.24) is 19.6 Å². The van der Waals surface area contributed by atoms with Crippen LogP contribution in [0.25, 0.3) is 0 Å². The summed E-state index contributed by atoms with van der Waals surface area (Å²) in [5, 5.41) is 7.26. The van der Waals surface area contributed by atoms with E-state index in [1.165, 1.54) is 0 Å². The summed E-state index contributed by atoms with van der Waals surface area (Å²) in [6, 6.07) is 4.77. The van der Waals surface area contributed by atoms with Crippen molar-refractivity contribution in [3.63, 3.8) is 0 Å². The summed E-state index contributed by atoms with van der Waals surface area (Å²) < 4.78 is 43.7. The van der Waals surface area contributed by atoms with Gasteiger partial charge in [-0.3, -0.25) is 4.79 Å². The van der Waals surface area contributed by atoms with E-state index in [1.807, 2.05) is 7.05 Å². The number of nitrogens with one attached hydrogen (secondary N) is 1. The van der Waals surface area contributed by atoms with Crippen LogP contribution in [-0.4, -0.2) is 64.9 Å². The Hall–Kier alpha value is -1.59. The van der Waals surface area contributed by atoms with Crippen LogP contribution in [0, 0.1) is 0 Å². The molecule has 4 rings (SSSR count). The molecule has 0 spiro atoms. The molecule has 1 fully saturated rings. The first-order valence-corrected chi connectivity index (χ1v) is 11.1. The molecule has 2 atom stereocenters. The Morgan fingerprint density at radius 2 is 1.77 bits per heavy atom. The zero-order valence-corrected chi connectivity index (χ0v) is 19.3. The van der Waals surface area contributed by atoms with Crippen molar-refractivity contribution in [2.75, 3.05) is 38.5 Å². The van der Waals surface area contributed by atoms with Crippen molar-refractivity contribution < 1.29 is 18.0 Å². The number of carbonyl (C=O) groups is 1. The van der Waals surface area contributed by atoms with Crippen molar-refractivity contribution in [1.29, 1.82) is 0 Å². The van der Waals surface area contributed by atoms with E-state index < -0.39 is 18.3 Å². The predicted molar refractivity (Wildman–Crippen MR) is 114 cm³/mol. The molecule has 0 saturated carbocycles. The maximum absolute atomic E-state index is 13.9. The van der Waals surface area contributed by atoms with Gasteiger partial charge in [-0.05, 0) is 40.7 Å². The van der Waals surface area contributed by atoms with Crippen LogP contribution in [-0.2, 0) is 0 Å². The van der Waals surface area contributed by atoms with Crippen LogP contribution in [0.15, 0.2) is 33.2 Å². The van der Waals surface area contributed by atoms with Crippen LogP contribution in [0.5, 0.6) is 0 Å². The summed E-state index contributed by atoms with van der Waals surface area (Å²) in [5.41, 5.74) is 0.742. The van der Waals surface area contributed by atoms with Gasteiger partial charge < -0.3 is 15.1 Å². The number of hydrogen-bond acceptors (Lipinski definition) is 4. The smallest absolute Gasteiger partial charge is 0.362 e. The third kappa shape index (κ3) is 4.11. The lowest BCUT2D eigenvalue weighted by molar-refractivity contribution is -0.173. The lowest BCUT2D eigenvalue weighted by Crippen LogP contribution is -2.47. The molecule has 1 saturated heterocycles. The molecule has 162 valence electrons. The van der Waals surface area contributed by atoms with Crippen LogP contribution in [0.3, 0.4) is 0 Å². The van der Waals surface area contributed by atoms with E-state index in [-0.39, 0.29) is 28.3 Å². The minimum absolute atomic E-state index is 0.00718. The number of benzene rings is 1. The Kier molecular flexibility index (Phi) is 5.88. The number of rotatable bonds is 2. The Labute approximate surface area is 188 Å². The molecule has 11 heteroatoms. The fourth-order valence-electron chi connectivity index (χ4n) is 3.80. The van der Waals surface area contributed by atoms with Crippen molar-refractivity contribution >= 4 is 43.6 Å². The summed E-state index contributed by atoms with van der Waals surface area (Å²) >= 11 is 6.69. The minimum atomic E-state index is -4.50. The van der Waals surface area contributed by atoms with E-state index >= 15 is 0 Å². The van der Waals surface area contributed by atoms with Gasteiger partial charge in [0.2, 0.25) is 0 Å². The molecule has 0 unspecified atom stereocenters. The Morgan fingerprint density at radius 3 is 2.37 bits per heavy atom. The average molecular weight is 551 g/mol. The Balaban J connectivity index is 1.69. The van der Waals surface area contributed by atoms with Crippen LogP contribution in [0.1, 0.15) is 34.6 Å². The molecular formula is C19H20Br2F3N5O. The van der Waals surface area contributed by atoms with Gasteiger partial charge in [-0.2, -0.15) is 18.3 Å². The van der Waals surface area contributed by atoms with Gasteiger partial charge in [0.05, 0.1) is 10.5 Å². The highest BCUT2D eigenvalue weighted by Gasteiger charge is 2.48. The minimum Gasteiger partial charge on any atom is -0.362 e. The molecule has 30 heavy (non-hydrogen) atoms. The topological polar surface area (TPSA) is 53.4 Å². The summed E-state index contributed by atoms with van der Waals surface area (Å²) in [6.07, 6.45) is -4.71. The largest absolute Gasteiger partial charge is 0.410 e. The summed E-state index contributed by atoms with van der Waals surface area (Å²) in [6.45, 7) is 2.46. The highest BCUT2D eigenvalue weighted by molar-refractivity contribution is 9.11. The van der Waals surface area contributed by atoms with Crippen molar-refractivity contribution in [3.05, 3.63) is 44.5 Å². The molecule has 2 aliphatic heterocycles. The second-order valence-electron chi connectivity index (χ2n) is 7.59. The van der Waals surface area contributed by atoms with Gasteiger partial charge in [0.1, 0.15) is 5.82 Å². The van der Waals surface area contributed by atoms with E-state index in [9.17, 15) is 18.0 Å². The predicted octanol–water partition coefficient (Wildman–Crippen LogP) is 4.46. The van der Waals surface area contributed by atoms with Gasteiger partial charge in [-0.1, -0.05) is 28.1 Å². The molecule has 0 aliphatic carbocycles. The number of carbonyl (C=O) groups excluding carboxylic acids is 1. The van der Waals surface area contributed by atoms with Crippen molar-refractivity contribution in [2.24, 2.45) is 0 Å². The molecule has 1 amide bonds. The highest BCUT2D eigenvalue weighted by atomic mass is 79.9. The van der Waals surface area contributed by atoms with E-state index in [0.717, 1.165) is 14.7 Å². The maximum Gasteiger partial charge on any atom is 0.410 e. The zero-order chi connectivity index (χ0) is 21.6. The summed E-state index contributed by atoms with van der Waals surface area (Å²) in [5.74, 6) is -0.186. The molecular weight excluding hydrogens is 531 g/mol. The molecule has 2 aromatic rings.